The van der Waals surface area contributed by atoms with Crippen LogP contribution in [0.15, 0.2) is 29.2 Å². The number of rotatable bonds is 6. The van der Waals surface area contributed by atoms with Crippen LogP contribution in [0, 0.1) is 6.92 Å². The van der Waals surface area contributed by atoms with Crippen molar-refractivity contribution in [2.24, 2.45) is 0 Å². The lowest BCUT2D eigenvalue weighted by atomic mass is 10.2. The molecule has 2 heterocycles. The molecule has 1 aromatic heterocycles. The highest BCUT2D eigenvalue weighted by Gasteiger charge is 2.24. The number of hydrogen-bond acceptors (Lipinski definition) is 7. The monoisotopic (exact) mass is 381 g/mol. The molecule has 0 bridgehead atoms. The molecule has 2 aromatic rings. The van der Waals surface area contributed by atoms with Gasteiger partial charge in [-0.2, -0.15) is 0 Å². The lowest BCUT2D eigenvalue weighted by Gasteiger charge is -2.07. The van der Waals surface area contributed by atoms with Gasteiger partial charge in [0.25, 0.3) is 5.91 Å². The van der Waals surface area contributed by atoms with Gasteiger partial charge in [0.1, 0.15) is 11.1 Å². The molecule has 9 heteroatoms. The Morgan fingerprint density at radius 3 is 2.76 bits per heavy atom. The second kappa shape index (κ2) is 7.59. The number of carbonyl (C=O) groups is 1. The predicted octanol–water partition coefficient (Wildman–Crippen LogP) is 1.98. The zero-order valence-corrected chi connectivity index (χ0v) is 15.4. The van der Waals surface area contributed by atoms with Gasteiger partial charge in [0, 0.05) is 13.0 Å². The molecule has 134 valence electrons. The second-order valence-electron chi connectivity index (χ2n) is 5.87. The van der Waals surface area contributed by atoms with Gasteiger partial charge in [-0.15, -0.1) is 10.2 Å². The van der Waals surface area contributed by atoms with E-state index in [0.29, 0.717) is 28.1 Å². The van der Waals surface area contributed by atoms with Crippen LogP contribution in [0.25, 0.3) is 0 Å². The van der Waals surface area contributed by atoms with Gasteiger partial charge in [-0.1, -0.05) is 29.0 Å². The smallest absolute Gasteiger partial charge is 0.255 e. The Morgan fingerprint density at radius 2 is 2.08 bits per heavy atom. The number of nitrogens with one attached hydrogen (secondary N) is 1. The number of anilines is 1. The van der Waals surface area contributed by atoms with E-state index in [9.17, 15) is 13.2 Å². The molecule has 1 amide bonds. The van der Waals surface area contributed by atoms with Gasteiger partial charge in [-0.05, 0) is 31.9 Å². The Morgan fingerprint density at radius 1 is 1.32 bits per heavy atom. The molecule has 1 saturated heterocycles. The molecule has 0 saturated carbocycles. The summed E-state index contributed by atoms with van der Waals surface area (Å²) in [6, 6.07) is 6.77. The molecule has 1 aromatic carbocycles. The summed E-state index contributed by atoms with van der Waals surface area (Å²) in [4.78, 5) is 12.3. The Bertz CT molecular complexity index is 841. The summed E-state index contributed by atoms with van der Waals surface area (Å²) in [6.45, 7) is 2.50. The molecule has 0 spiro atoms. The fourth-order valence-corrected chi connectivity index (χ4v) is 4.58. The molecule has 25 heavy (non-hydrogen) atoms. The first-order valence-electron chi connectivity index (χ1n) is 7.98. The molecule has 1 fully saturated rings. The first-order chi connectivity index (χ1) is 11.9. The number of benzene rings is 1. The van der Waals surface area contributed by atoms with Crippen LogP contribution in [0.3, 0.4) is 0 Å². The molecule has 1 aliphatic heterocycles. The molecular formula is C16H19N3O4S2. The molecule has 7 nitrogen and oxygen atoms in total. The molecule has 3 rings (SSSR count). The molecule has 0 radical (unpaired) electrons. The van der Waals surface area contributed by atoms with Crippen molar-refractivity contribution >= 4 is 32.2 Å². The van der Waals surface area contributed by atoms with E-state index in [1.165, 1.54) is 11.3 Å². The first kappa shape index (κ1) is 18.0. The van der Waals surface area contributed by atoms with Crippen LogP contribution in [-0.2, 0) is 25.8 Å². The van der Waals surface area contributed by atoms with Gasteiger partial charge < -0.3 is 4.74 Å². The molecule has 1 atom stereocenters. The fraction of sp³-hybridized carbons (Fsp3) is 0.438. The number of sulfone groups is 1. The molecule has 1 aliphatic rings. The SMILES string of the molecule is Cc1ccc(S(=O)(=O)CCc2nnc(NC(=O)[C@@H]3CCCO3)s2)cc1. The molecule has 0 unspecified atom stereocenters. The van der Waals surface area contributed by atoms with Crippen molar-refractivity contribution < 1.29 is 17.9 Å². The Kier molecular flexibility index (Phi) is 5.45. The summed E-state index contributed by atoms with van der Waals surface area (Å²) < 4.78 is 30.0. The lowest BCUT2D eigenvalue weighted by molar-refractivity contribution is -0.124. The highest BCUT2D eigenvalue weighted by atomic mass is 32.2. The molecule has 0 aliphatic carbocycles. The van der Waals surface area contributed by atoms with E-state index >= 15 is 0 Å². The Labute approximate surface area is 150 Å². The number of amides is 1. The average molecular weight is 381 g/mol. The Hall–Kier alpha value is -1.84. The Balaban J connectivity index is 1.57. The fourth-order valence-electron chi connectivity index (χ4n) is 2.46. The third-order valence-corrected chi connectivity index (χ3v) is 6.51. The van der Waals surface area contributed by atoms with Crippen LogP contribution < -0.4 is 5.32 Å². The van der Waals surface area contributed by atoms with Crippen molar-refractivity contribution in [3.8, 4) is 0 Å². The van der Waals surface area contributed by atoms with Crippen LogP contribution in [0.4, 0.5) is 5.13 Å². The number of aromatic nitrogens is 2. The lowest BCUT2D eigenvalue weighted by Crippen LogP contribution is -2.26. The summed E-state index contributed by atoms with van der Waals surface area (Å²) in [5.74, 6) is -0.280. The number of hydrogen-bond donors (Lipinski definition) is 1. The van der Waals surface area contributed by atoms with E-state index in [0.717, 1.165) is 12.0 Å². The van der Waals surface area contributed by atoms with Crippen LogP contribution in [0.5, 0.6) is 0 Å². The van der Waals surface area contributed by atoms with Crippen LogP contribution in [0.1, 0.15) is 23.4 Å². The van der Waals surface area contributed by atoms with Crippen molar-refractivity contribution in [1.82, 2.24) is 10.2 Å². The van der Waals surface area contributed by atoms with E-state index in [1.807, 2.05) is 6.92 Å². The maximum absolute atomic E-state index is 12.3. The number of aryl methyl sites for hydroxylation is 2. The van der Waals surface area contributed by atoms with E-state index in [2.05, 4.69) is 15.5 Å². The van der Waals surface area contributed by atoms with Crippen molar-refractivity contribution in [2.75, 3.05) is 17.7 Å². The van der Waals surface area contributed by atoms with Gasteiger partial charge >= 0.3 is 0 Å². The number of nitrogens with zero attached hydrogens (tertiary/aromatic N) is 2. The minimum absolute atomic E-state index is 0.0512. The van der Waals surface area contributed by atoms with E-state index < -0.39 is 15.9 Å². The van der Waals surface area contributed by atoms with Gasteiger partial charge in [0.2, 0.25) is 5.13 Å². The van der Waals surface area contributed by atoms with Gasteiger partial charge in [-0.3, -0.25) is 10.1 Å². The highest BCUT2D eigenvalue weighted by molar-refractivity contribution is 7.91. The summed E-state index contributed by atoms with van der Waals surface area (Å²) >= 11 is 1.18. The molecule has 1 N–H and O–H groups in total. The maximum atomic E-state index is 12.3. The van der Waals surface area contributed by atoms with Crippen LogP contribution in [-0.4, -0.2) is 43.0 Å². The number of ether oxygens (including phenoxy) is 1. The van der Waals surface area contributed by atoms with Gasteiger partial charge in [-0.25, -0.2) is 8.42 Å². The minimum Gasteiger partial charge on any atom is -0.368 e. The zero-order chi connectivity index (χ0) is 17.9. The highest BCUT2D eigenvalue weighted by Crippen LogP contribution is 2.20. The maximum Gasteiger partial charge on any atom is 0.255 e. The summed E-state index contributed by atoms with van der Waals surface area (Å²) in [6.07, 6.45) is 1.39. The van der Waals surface area contributed by atoms with Crippen molar-refractivity contribution in [3.63, 3.8) is 0 Å². The van der Waals surface area contributed by atoms with E-state index in [-0.39, 0.29) is 18.1 Å². The summed E-state index contributed by atoms with van der Waals surface area (Å²) in [7, 11) is -3.37. The van der Waals surface area contributed by atoms with Gasteiger partial charge in [0.15, 0.2) is 9.84 Å². The summed E-state index contributed by atoms with van der Waals surface area (Å²) in [5.41, 5.74) is 1.01. The number of carbonyl (C=O) groups excluding carboxylic acids is 1. The van der Waals surface area contributed by atoms with Crippen molar-refractivity contribution in [1.29, 1.82) is 0 Å². The van der Waals surface area contributed by atoms with Crippen LogP contribution in [0.2, 0.25) is 0 Å². The van der Waals surface area contributed by atoms with E-state index in [1.54, 1.807) is 24.3 Å². The first-order valence-corrected chi connectivity index (χ1v) is 10.5. The third kappa shape index (κ3) is 4.62. The van der Waals surface area contributed by atoms with Gasteiger partial charge in [0.05, 0.1) is 10.6 Å². The van der Waals surface area contributed by atoms with Crippen LogP contribution >= 0.6 is 11.3 Å². The van der Waals surface area contributed by atoms with Crippen molar-refractivity contribution in [3.05, 3.63) is 34.8 Å². The third-order valence-electron chi connectivity index (χ3n) is 3.88. The predicted molar refractivity (Wildman–Crippen MR) is 94.4 cm³/mol. The normalized spacial score (nSPS) is 17.6. The summed E-state index contributed by atoms with van der Waals surface area (Å²) in [5, 5.41) is 11.5. The van der Waals surface area contributed by atoms with Crippen molar-refractivity contribution in [2.45, 2.75) is 37.2 Å². The topological polar surface area (TPSA) is 98.3 Å². The quantitative estimate of drug-likeness (QED) is 0.822. The second-order valence-corrected chi connectivity index (χ2v) is 9.05. The standard InChI is InChI=1S/C16H19N3O4S2/c1-11-4-6-12(7-5-11)25(21,22)10-8-14-18-19-16(24-14)17-15(20)13-3-2-9-23-13/h4-7,13H,2-3,8-10H2,1H3,(H,17,19,20)/t13-/m0/s1. The molecular weight excluding hydrogens is 362 g/mol. The largest absolute Gasteiger partial charge is 0.368 e. The minimum atomic E-state index is -3.37. The average Bonchev–Trinajstić information content (AvgIpc) is 3.25. The van der Waals surface area contributed by atoms with E-state index in [4.69, 9.17) is 4.74 Å². The zero-order valence-electron chi connectivity index (χ0n) is 13.8.